The Morgan fingerprint density at radius 1 is 1.19 bits per heavy atom. The number of imide groups is 1. The summed E-state index contributed by atoms with van der Waals surface area (Å²) >= 11 is 0. The molecule has 4 heterocycles. The number of hydrogen-bond acceptors (Lipinski definition) is 10. The zero-order chi connectivity index (χ0) is 21.9. The number of benzene rings is 1. The topological polar surface area (TPSA) is 166 Å². The summed E-state index contributed by atoms with van der Waals surface area (Å²) in [7, 11) is 0. The van der Waals surface area contributed by atoms with Gasteiger partial charge in [0.05, 0.1) is 17.5 Å². The van der Waals surface area contributed by atoms with E-state index in [4.69, 9.17) is 15.3 Å². The summed E-state index contributed by atoms with van der Waals surface area (Å²) in [5.74, 6) is -1.05. The molecule has 2 aromatic heterocycles. The minimum Gasteiger partial charge on any atom is -0.387 e. The first-order valence-electron chi connectivity index (χ1n) is 9.40. The predicted molar refractivity (Wildman–Crippen MR) is 103 cm³/mol. The van der Waals surface area contributed by atoms with E-state index in [0.29, 0.717) is 16.2 Å². The van der Waals surface area contributed by atoms with Gasteiger partial charge in [-0.1, -0.05) is 12.1 Å². The number of nitrogen functional groups attached to an aromatic ring is 1. The first-order valence-corrected chi connectivity index (χ1v) is 9.40. The molecule has 2 aliphatic rings. The molecular weight excluding hydrogens is 408 g/mol. The van der Waals surface area contributed by atoms with Crippen molar-refractivity contribution in [3.63, 3.8) is 0 Å². The number of aromatic nitrogens is 4. The van der Waals surface area contributed by atoms with Gasteiger partial charge in [-0.2, -0.15) is 0 Å². The molecular formula is C19H18N6O6. The lowest BCUT2D eigenvalue weighted by Crippen LogP contribution is -2.45. The molecule has 0 radical (unpaired) electrons. The fourth-order valence-corrected chi connectivity index (χ4v) is 3.85. The second-order valence-electron chi connectivity index (χ2n) is 7.53. The van der Waals surface area contributed by atoms with Gasteiger partial charge in [-0.3, -0.25) is 19.0 Å². The molecule has 4 atom stereocenters. The fourth-order valence-electron chi connectivity index (χ4n) is 3.85. The second kappa shape index (κ2) is 6.78. The highest BCUT2D eigenvalue weighted by Crippen LogP contribution is 2.40. The molecule has 1 fully saturated rings. The third-order valence-corrected chi connectivity index (χ3v) is 5.52. The Balaban J connectivity index is 1.37. The summed E-state index contributed by atoms with van der Waals surface area (Å²) in [5, 5.41) is 22.2. The van der Waals surface area contributed by atoms with Gasteiger partial charge < -0.3 is 20.7 Å². The van der Waals surface area contributed by atoms with E-state index in [0.717, 1.165) is 0 Å². The van der Waals surface area contributed by atoms with E-state index in [1.807, 2.05) is 0 Å². The molecule has 0 saturated carbocycles. The smallest absolute Gasteiger partial charge is 0.285 e. The highest BCUT2D eigenvalue weighted by molar-refractivity contribution is 6.20. The van der Waals surface area contributed by atoms with Crippen LogP contribution in [0.1, 0.15) is 33.9 Å². The van der Waals surface area contributed by atoms with Crippen LogP contribution >= 0.6 is 0 Å². The first kappa shape index (κ1) is 19.5. The number of fused-ring (bicyclic) bond motifs is 2. The normalized spacial score (nSPS) is 28.0. The van der Waals surface area contributed by atoms with Gasteiger partial charge in [0.15, 0.2) is 17.7 Å². The monoisotopic (exact) mass is 426 g/mol. The number of rotatable bonds is 4. The van der Waals surface area contributed by atoms with Crippen LogP contribution in [0.15, 0.2) is 36.9 Å². The largest absolute Gasteiger partial charge is 0.387 e. The van der Waals surface area contributed by atoms with Crippen LogP contribution in [0.4, 0.5) is 5.82 Å². The lowest BCUT2D eigenvalue weighted by molar-refractivity contribution is -0.141. The minimum absolute atomic E-state index is 0.160. The highest BCUT2D eigenvalue weighted by atomic mass is 16.7. The maximum Gasteiger partial charge on any atom is 0.285 e. The van der Waals surface area contributed by atoms with Crippen LogP contribution in [0.5, 0.6) is 0 Å². The molecule has 0 aliphatic carbocycles. The Bertz CT molecular complexity index is 1170. The van der Waals surface area contributed by atoms with Crippen molar-refractivity contribution < 1.29 is 29.4 Å². The molecule has 1 aromatic carbocycles. The number of imidazole rings is 1. The van der Waals surface area contributed by atoms with Gasteiger partial charge in [-0.15, -0.1) is 5.06 Å². The number of hydrogen-bond donors (Lipinski definition) is 3. The van der Waals surface area contributed by atoms with Crippen molar-refractivity contribution in [1.82, 2.24) is 24.6 Å². The number of amides is 2. The SMILES string of the molecule is C[C@@]1(O)[C@H](O)[C@@H](CON2C(=O)c3ccccc3C2=O)O[C@H]1n1cnc2c(N)ncnc21. The number of aliphatic hydroxyl groups excluding tert-OH is 1. The van der Waals surface area contributed by atoms with Crippen LogP contribution < -0.4 is 5.73 Å². The van der Waals surface area contributed by atoms with Gasteiger partial charge in [0, 0.05) is 0 Å². The van der Waals surface area contributed by atoms with Crippen LogP contribution in [-0.2, 0) is 9.57 Å². The van der Waals surface area contributed by atoms with E-state index in [9.17, 15) is 19.8 Å². The van der Waals surface area contributed by atoms with Crippen molar-refractivity contribution in [3.8, 4) is 0 Å². The lowest BCUT2D eigenvalue weighted by atomic mass is 9.96. The van der Waals surface area contributed by atoms with Crippen LogP contribution in [-0.4, -0.2) is 71.0 Å². The molecule has 12 nitrogen and oxygen atoms in total. The maximum atomic E-state index is 12.4. The molecule has 5 rings (SSSR count). The number of hydroxylamine groups is 2. The molecule has 0 bridgehead atoms. The average Bonchev–Trinajstić information content (AvgIpc) is 3.35. The summed E-state index contributed by atoms with van der Waals surface area (Å²) in [5.41, 5.74) is 5.13. The number of ether oxygens (including phenoxy) is 1. The highest BCUT2D eigenvalue weighted by Gasteiger charge is 2.54. The summed E-state index contributed by atoms with van der Waals surface area (Å²) in [4.78, 5) is 42.4. The average molecular weight is 426 g/mol. The molecule has 160 valence electrons. The van der Waals surface area contributed by atoms with Gasteiger partial charge >= 0.3 is 0 Å². The molecule has 12 heteroatoms. The fraction of sp³-hybridized carbons (Fsp3) is 0.316. The number of nitrogens with two attached hydrogens (primary N) is 1. The summed E-state index contributed by atoms with van der Waals surface area (Å²) in [6, 6.07) is 6.34. The molecule has 1 saturated heterocycles. The van der Waals surface area contributed by atoms with E-state index in [-0.39, 0.29) is 23.6 Å². The van der Waals surface area contributed by atoms with Crippen molar-refractivity contribution in [2.75, 3.05) is 12.3 Å². The minimum atomic E-state index is -1.76. The maximum absolute atomic E-state index is 12.4. The quantitative estimate of drug-likeness (QED) is 0.469. The molecule has 4 N–H and O–H groups in total. The Kier molecular flexibility index (Phi) is 4.27. The van der Waals surface area contributed by atoms with Crippen molar-refractivity contribution in [2.45, 2.75) is 31.0 Å². The van der Waals surface area contributed by atoms with Crippen LogP contribution in [0.25, 0.3) is 11.2 Å². The first-order chi connectivity index (χ1) is 14.8. The predicted octanol–water partition coefficient (Wildman–Crippen LogP) is -0.354. The lowest BCUT2D eigenvalue weighted by Gasteiger charge is -2.27. The third kappa shape index (κ3) is 2.80. The van der Waals surface area contributed by atoms with Crippen LogP contribution in [0.2, 0.25) is 0 Å². The molecule has 0 spiro atoms. The Labute approximate surface area is 174 Å². The van der Waals surface area contributed by atoms with Crippen molar-refractivity contribution in [3.05, 3.63) is 48.0 Å². The number of carbonyl (C=O) groups excluding carboxylic acids is 2. The Morgan fingerprint density at radius 3 is 2.55 bits per heavy atom. The summed E-state index contributed by atoms with van der Waals surface area (Å²) in [6.07, 6.45) is -0.920. The van der Waals surface area contributed by atoms with Gasteiger partial charge in [0.25, 0.3) is 11.8 Å². The van der Waals surface area contributed by atoms with Crippen molar-refractivity contribution in [2.24, 2.45) is 0 Å². The van der Waals surface area contributed by atoms with Gasteiger partial charge in [-0.25, -0.2) is 15.0 Å². The van der Waals surface area contributed by atoms with E-state index in [2.05, 4.69) is 15.0 Å². The molecule has 2 aliphatic heterocycles. The zero-order valence-electron chi connectivity index (χ0n) is 16.2. The molecule has 2 amide bonds. The summed E-state index contributed by atoms with van der Waals surface area (Å²) < 4.78 is 7.27. The van der Waals surface area contributed by atoms with E-state index < -0.39 is 35.9 Å². The zero-order valence-corrected chi connectivity index (χ0v) is 16.2. The van der Waals surface area contributed by atoms with Gasteiger partial charge in [-0.05, 0) is 19.1 Å². The Hall–Kier alpha value is -3.45. The standard InChI is InChI=1S/C19H18N6O6/c1-19(29)13(26)11(6-30-25-16(27)9-4-2-3-5-10(9)17(25)28)31-18(19)24-8-23-12-14(20)21-7-22-15(12)24/h2-5,7-8,11,13,18,26,29H,6H2,1H3,(H2,20,21,22)/t11-,13-,18-,19-/m1/s1. The van der Waals surface area contributed by atoms with E-state index >= 15 is 0 Å². The van der Waals surface area contributed by atoms with Crippen LogP contribution in [0, 0.1) is 0 Å². The van der Waals surface area contributed by atoms with Gasteiger partial charge in [0.2, 0.25) is 0 Å². The number of aliphatic hydroxyl groups is 2. The molecule has 3 aromatic rings. The van der Waals surface area contributed by atoms with E-state index in [1.54, 1.807) is 12.1 Å². The third-order valence-electron chi connectivity index (χ3n) is 5.52. The van der Waals surface area contributed by atoms with Crippen molar-refractivity contribution >= 4 is 28.8 Å². The second-order valence-corrected chi connectivity index (χ2v) is 7.53. The van der Waals surface area contributed by atoms with Crippen LogP contribution in [0.3, 0.4) is 0 Å². The van der Waals surface area contributed by atoms with E-state index in [1.165, 1.54) is 36.3 Å². The summed E-state index contributed by atoms with van der Waals surface area (Å²) in [6.45, 7) is 1.03. The van der Waals surface area contributed by atoms with Crippen molar-refractivity contribution in [1.29, 1.82) is 0 Å². The number of anilines is 1. The van der Waals surface area contributed by atoms with Gasteiger partial charge in [0.1, 0.15) is 36.3 Å². The Morgan fingerprint density at radius 2 is 1.87 bits per heavy atom. The molecule has 31 heavy (non-hydrogen) atoms. The number of carbonyl (C=O) groups is 2. The number of nitrogens with zero attached hydrogens (tertiary/aromatic N) is 5. The molecule has 0 unspecified atom stereocenters.